The van der Waals surface area contributed by atoms with Crippen molar-refractivity contribution in [3.05, 3.63) is 22.2 Å². The van der Waals surface area contributed by atoms with Crippen molar-refractivity contribution in [2.75, 3.05) is 5.73 Å². The normalized spacial score (nSPS) is 10.6. The van der Waals surface area contributed by atoms with Crippen LogP contribution in [-0.4, -0.2) is 14.6 Å². The molecule has 56 valence electrons. The maximum Gasteiger partial charge on any atom is 0.156 e. The summed E-state index contributed by atoms with van der Waals surface area (Å²) < 4.78 is 2.60. The molecule has 0 aliphatic carbocycles. The maximum absolute atomic E-state index is 5.61. The lowest BCUT2D eigenvalue weighted by molar-refractivity contribution is 0.915. The first-order valence-corrected chi connectivity index (χ1v) is 4.10. The summed E-state index contributed by atoms with van der Waals surface area (Å²) in [6.45, 7) is 0. The van der Waals surface area contributed by atoms with E-state index in [0.29, 0.717) is 5.69 Å². The first-order valence-electron chi connectivity index (χ1n) is 3.03. The number of halogens is 1. The first kappa shape index (κ1) is 6.84. The maximum atomic E-state index is 5.61. The van der Waals surface area contributed by atoms with E-state index in [9.17, 15) is 0 Å². The summed E-state index contributed by atoms with van der Waals surface area (Å²) in [6, 6.07) is 1.83. The van der Waals surface area contributed by atoms with Gasteiger partial charge in [0.1, 0.15) is 3.70 Å². The molecule has 4 nitrogen and oxygen atoms in total. The van der Waals surface area contributed by atoms with Crippen LogP contribution in [-0.2, 0) is 0 Å². The third kappa shape index (κ3) is 0.953. The molecule has 0 saturated carbocycles. The fourth-order valence-corrected chi connectivity index (χ4v) is 1.37. The predicted molar refractivity (Wildman–Crippen MR) is 50.1 cm³/mol. The van der Waals surface area contributed by atoms with Gasteiger partial charge in [0, 0.05) is 6.07 Å². The van der Waals surface area contributed by atoms with Gasteiger partial charge in [-0.05, 0) is 22.6 Å². The number of rotatable bonds is 0. The summed E-state index contributed by atoms with van der Waals surface area (Å²) >= 11 is 2.13. The Morgan fingerprint density at radius 3 is 3.18 bits per heavy atom. The van der Waals surface area contributed by atoms with Gasteiger partial charge in [0.25, 0.3) is 0 Å². The van der Waals surface area contributed by atoms with Crippen LogP contribution >= 0.6 is 22.6 Å². The van der Waals surface area contributed by atoms with E-state index in [2.05, 4.69) is 32.7 Å². The van der Waals surface area contributed by atoms with Crippen LogP contribution in [0.1, 0.15) is 0 Å². The van der Waals surface area contributed by atoms with Crippen molar-refractivity contribution in [1.82, 2.24) is 14.6 Å². The lowest BCUT2D eigenvalue weighted by Crippen LogP contribution is -2.00. The molecular formula is C6H5IN4. The molecule has 0 radical (unpaired) electrons. The summed E-state index contributed by atoms with van der Waals surface area (Å²) in [4.78, 5) is 4.07. The van der Waals surface area contributed by atoms with E-state index < -0.39 is 0 Å². The molecular weight excluding hydrogens is 255 g/mol. The molecule has 5 heteroatoms. The minimum atomic E-state index is 0.654. The number of hydrogen-bond acceptors (Lipinski definition) is 3. The Labute approximate surface area is 76.6 Å². The lowest BCUT2D eigenvalue weighted by Gasteiger charge is -1.98. The second-order valence-electron chi connectivity index (χ2n) is 2.11. The zero-order valence-electron chi connectivity index (χ0n) is 5.53. The lowest BCUT2D eigenvalue weighted by atomic mass is 10.5. The summed E-state index contributed by atoms with van der Waals surface area (Å²) in [5.41, 5.74) is 7.09. The Morgan fingerprint density at radius 1 is 1.55 bits per heavy atom. The van der Waals surface area contributed by atoms with Gasteiger partial charge in [-0.2, -0.15) is 5.10 Å². The molecule has 0 bridgehead atoms. The molecule has 11 heavy (non-hydrogen) atoms. The van der Waals surface area contributed by atoms with Crippen LogP contribution in [0.5, 0.6) is 0 Å². The van der Waals surface area contributed by atoms with Crippen molar-refractivity contribution in [3.63, 3.8) is 0 Å². The van der Waals surface area contributed by atoms with Gasteiger partial charge in [-0.3, -0.25) is 0 Å². The second kappa shape index (κ2) is 2.33. The molecule has 0 aliphatic heterocycles. The van der Waals surface area contributed by atoms with Gasteiger partial charge in [0.15, 0.2) is 5.65 Å². The van der Waals surface area contributed by atoms with Crippen LogP contribution in [0.3, 0.4) is 0 Å². The Hall–Kier alpha value is -0.850. The standard InChI is InChI=1S/C6H5IN4/c7-6-4(8)3-9-5-1-2-10-11(5)6/h1-3H,8H2. The molecule has 2 heterocycles. The number of fused-ring (bicyclic) bond motifs is 1. The van der Waals surface area contributed by atoms with Crippen LogP contribution in [0.4, 0.5) is 5.69 Å². The molecule has 2 rings (SSSR count). The van der Waals surface area contributed by atoms with E-state index >= 15 is 0 Å². The van der Waals surface area contributed by atoms with Gasteiger partial charge in [-0.1, -0.05) is 0 Å². The summed E-state index contributed by atoms with van der Waals surface area (Å²) in [7, 11) is 0. The highest BCUT2D eigenvalue weighted by molar-refractivity contribution is 14.1. The van der Waals surface area contributed by atoms with E-state index in [4.69, 9.17) is 5.73 Å². The molecule has 0 unspecified atom stereocenters. The van der Waals surface area contributed by atoms with Crippen molar-refractivity contribution in [2.45, 2.75) is 0 Å². The van der Waals surface area contributed by atoms with Gasteiger partial charge < -0.3 is 5.73 Å². The summed E-state index contributed by atoms with van der Waals surface area (Å²) in [6.07, 6.45) is 3.34. The van der Waals surface area contributed by atoms with E-state index in [1.54, 1.807) is 16.9 Å². The van der Waals surface area contributed by atoms with E-state index in [1.165, 1.54) is 0 Å². The van der Waals surface area contributed by atoms with Gasteiger partial charge in [0.05, 0.1) is 18.1 Å². The summed E-state index contributed by atoms with van der Waals surface area (Å²) in [5, 5.41) is 4.05. The highest BCUT2D eigenvalue weighted by Gasteiger charge is 2.01. The van der Waals surface area contributed by atoms with Crippen molar-refractivity contribution < 1.29 is 0 Å². The second-order valence-corrected chi connectivity index (χ2v) is 3.13. The Balaban J connectivity index is 2.93. The van der Waals surface area contributed by atoms with Crippen LogP contribution < -0.4 is 5.73 Å². The van der Waals surface area contributed by atoms with Gasteiger partial charge in [-0.15, -0.1) is 0 Å². The topological polar surface area (TPSA) is 56.2 Å². The molecule has 0 fully saturated rings. The van der Waals surface area contributed by atoms with E-state index in [-0.39, 0.29) is 0 Å². The predicted octanol–water partition coefficient (Wildman–Crippen LogP) is 0.916. The number of aromatic nitrogens is 3. The Kier molecular flexibility index (Phi) is 1.45. The van der Waals surface area contributed by atoms with Crippen molar-refractivity contribution >= 4 is 33.9 Å². The van der Waals surface area contributed by atoms with Gasteiger partial charge in [0.2, 0.25) is 0 Å². The number of nitrogens with zero attached hydrogens (tertiary/aromatic N) is 3. The minimum absolute atomic E-state index is 0.654. The molecule has 0 amide bonds. The average molecular weight is 260 g/mol. The van der Waals surface area contributed by atoms with Crippen molar-refractivity contribution in [3.8, 4) is 0 Å². The van der Waals surface area contributed by atoms with Gasteiger partial charge in [-0.25, -0.2) is 9.50 Å². The third-order valence-electron chi connectivity index (χ3n) is 1.38. The number of anilines is 1. The smallest absolute Gasteiger partial charge is 0.156 e. The Morgan fingerprint density at radius 2 is 2.36 bits per heavy atom. The molecule has 2 aromatic rings. The number of hydrogen-bond donors (Lipinski definition) is 1. The van der Waals surface area contributed by atoms with Gasteiger partial charge >= 0.3 is 0 Å². The number of nitrogen functional groups attached to an aromatic ring is 1. The van der Waals surface area contributed by atoms with Crippen LogP contribution in [0.25, 0.3) is 5.65 Å². The number of nitrogens with two attached hydrogens (primary N) is 1. The van der Waals surface area contributed by atoms with Crippen LogP contribution in [0, 0.1) is 3.70 Å². The SMILES string of the molecule is Nc1cnc2ccnn2c1I. The molecule has 2 aromatic heterocycles. The van der Waals surface area contributed by atoms with Crippen molar-refractivity contribution in [1.29, 1.82) is 0 Å². The first-order chi connectivity index (χ1) is 5.29. The fraction of sp³-hybridized carbons (Fsp3) is 0. The molecule has 0 atom stereocenters. The largest absolute Gasteiger partial charge is 0.395 e. The third-order valence-corrected chi connectivity index (χ3v) is 2.46. The molecule has 2 N–H and O–H groups in total. The van der Waals surface area contributed by atoms with E-state index in [0.717, 1.165) is 9.35 Å². The molecule has 0 aliphatic rings. The molecule has 0 spiro atoms. The minimum Gasteiger partial charge on any atom is -0.395 e. The molecule has 0 aromatic carbocycles. The monoisotopic (exact) mass is 260 g/mol. The summed E-state index contributed by atoms with van der Waals surface area (Å²) in [5.74, 6) is 0. The van der Waals surface area contributed by atoms with Crippen molar-refractivity contribution in [2.24, 2.45) is 0 Å². The molecule has 0 saturated heterocycles. The zero-order chi connectivity index (χ0) is 7.84. The average Bonchev–Trinajstić information content (AvgIpc) is 2.45. The quantitative estimate of drug-likeness (QED) is 0.566. The van der Waals surface area contributed by atoms with Crippen LogP contribution in [0.2, 0.25) is 0 Å². The zero-order valence-corrected chi connectivity index (χ0v) is 7.69. The Bertz CT molecular complexity index is 394. The fourth-order valence-electron chi connectivity index (χ4n) is 0.857. The van der Waals surface area contributed by atoms with E-state index in [1.807, 2.05) is 6.07 Å². The highest BCUT2D eigenvalue weighted by atomic mass is 127. The van der Waals surface area contributed by atoms with Crippen LogP contribution in [0.15, 0.2) is 18.5 Å². The highest BCUT2D eigenvalue weighted by Crippen LogP contribution is 2.13.